The van der Waals surface area contributed by atoms with Crippen LogP contribution in [0.1, 0.15) is 43.7 Å². The largest absolute Gasteiger partial charge is 0.449 e. The number of nitrogens with one attached hydrogen (secondary N) is 1. The topological polar surface area (TPSA) is 75.7 Å². The van der Waals surface area contributed by atoms with Gasteiger partial charge in [0.25, 0.3) is 5.91 Å². The molecule has 0 spiro atoms. The van der Waals surface area contributed by atoms with Crippen LogP contribution in [0, 0.1) is 5.92 Å². The number of imide groups is 1. The summed E-state index contributed by atoms with van der Waals surface area (Å²) in [5.41, 5.74) is 4.58. The van der Waals surface area contributed by atoms with Gasteiger partial charge in [-0.2, -0.15) is 0 Å². The molecule has 1 fully saturated rings. The van der Waals surface area contributed by atoms with Crippen LogP contribution in [0.2, 0.25) is 0 Å². The molecule has 3 amide bonds. The van der Waals surface area contributed by atoms with Crippen LogP contribution in [-0.2, 0) is 14.3 Å². The van der Waals surface area contributed by atoms with Gasteiger partial charge in [-0.25, -0.2) is 4.79 Å². The van der Waals surface area contributed by atoms with Gasteiger partial charge in [0.1, 0.15) is 12.6 Å². The maximum Gasteiger partial charge on any atom is 0.407 e. The zero-order valence-electron chi connectivity index (χ0n) is 17.3. The first-order valence-corrected chi connectivity index (χ1v) is 10.4. The van der Waals surface area contributed by atoms with E-state index in [4.69, 9.17) is 4.74 Å². The molecule has 1 aliphatic heterocycles. The van der Waals surface area contributed by atoms with E-state index in [0.717, 1.165) is 22.3 Å². The number of carbonyl (C=O) groups is 3. The van der Waals surface area contributed by atoms with E-state index in [2.05, 4.69) is 29.6 Å². The third-order valence-electron chi connectivity index (χ3n) is 5.76. The number of benzene rings is 2. The van der Waals surface area contributed by atoms with Crippen molar-refractivity contribution in [1.29, 1.82) is 0 Å². The fraction of sp³-hybridized carbons (Fsp3) is 0.375. The summed E-state index contributed by atoms with van der Waals surface area (Å²) in [5.74, 6) is -0.403. The number of ether oxygens (including phenoxy) is 1. The first-order chi connectivity index (χ1) is 14.5. The van der Waals surface area contributed by atoms with Crippen LogP contribution in [0.5, 0.6) is 0 Å². The summed E-state index contributed by atoms with van der Waals surface area (Å²) >= 11 is 0. The number of fused-ring (bicyclic) bond motifs is 3. The fourth-order valence-electron chi connectivity index (χ4n) is 4.21. The van der Waals surface area contributed by atoms with Gasteiger partial charge in [0, 0.05) is 18.9 Å². The Morgan fingerprint density at radius 3 is 2.17 bits per heavy atom. The Kier molecular flexibility index (Phi) is 5.57. The van der Waals surface area contributed by atoms with Crippen LogP contribution in [0.15, 0.2) is 48.5 Å². The molecular formula is C24H26N2O4. The molecule has 4 rings (SSSR count). The van der Waals surface area contributed by atoms with E-state index >= 15 is 0 Å². The quantitative estimate of drug-likeness (QED) is 0.743. The molecule has 0 bridgehead atoms. The molecule has 30 heavy (non-hydrogen) atoms. The van der Waals surface area contributed by atoms with Crippen LogP contribution < -0.4 is 5.32 Å². The zero-order valence-corrected chi connectivity index (χ0v) is 17.3. The van der Waals surface area contributed by atoms with Crippen LogP contribution in [0.25, 0.3) is 11.1 Å². The van der Waals surface area contributed by atoms with Gasteiger partial charge in [-0.05, 0) is 34.6 Å². The average Bonchev–Trinajstić information content (AvgIpc) is 3.04. The van der Waals surface area contributed by atoms with Gasteiger partial charge >= 0.3 is 6.09 Å². The van der Waals surface area contributed by atoms with Crippen LogP contribution in [0.3, 0.4) is 0 Å². The van der Waals surface area contributed by atoms with E-state index < -0.39 is 12.1 Å². The number of carbonyl (C=O) groups excluding carboxylic acids is 3. The molecule has 1 aliphatic carbocycles. The maximum absolute atomic E-state index is 12.6. The van der Waals surface area contributed by atoms with Crippen LogP contribution in [0.4, 0.5) is 4.79 Å². The molecule has 1 N–H and O–H groups in total. The molecule has 6 heteroatoms. The number of hydrogen-bond acceptors (Lipinski definition) is 4. The number of rotatable bonds is 6. The first kappa shape index (κ1) is 20.1. The summed E-state index contributed by atoms with van der Waals surface area (Å²) in [7, 11) is 0. The van der Waals surface area contributed by atoms with Gasteiger partial charge in [-0.3, -0.25) is 14.5 Å². The molecule has 1 atom stereocenters. The van der Waals surface area contributed by atoms with Gasteiger partial charge in [0.15, 0.2) is 0 Å². The number of alkyl carbamates (subject to hydrolysis) is 1. The summed E-state index contributed by atoms with van der Waals surface area (Å²) in [6, 6.07) is 15.5. The number of amides is 3. The van der Waals surface area contributed by atoms with Crippen molar-refractivity contribution in [3.63, 3.8) is 0 Å². The molecule has 2 aromatic carbocycles. The lowest BCUT2D eigenvalue weighted by Crippen LogP contribution is -2.56. The minimum Gasteiger partial charge on any atom is -0.449 e. The number of hydrogen-bond donors (Lipinski definition) is 1. The smallest absolute Gasteiger partial charge is 0.407 e. The molecule has 0 saturated carbocycles. The van der Waals surface area contributed by atoms with E-state index in [1.165, 1.54) is 4.90 Å². The highest BCUT2D eigenvalue weighted by atomic mass is 16.5. The highest BCUT2D eigenvalue weighted by Gasteiger charge is 2.36. The van der Waals surface area contributed by atoms with Crippen LogP contribution >= 0.6 is 0 Å². The Morgan fingerprint density at radius 2 is 1.67 bits per heavy atom. The van der Waals surface area contributed by atoms with Crippen molar-refractivity contribution in [2.45, 2.75) is 38.6 Å². The summed E-state index contributed by atoms with van der Waals surface area (Å²) in [6.07, 6.45) is 0.196. The van der Waals surface area contributed by atoms with Crippen molar-refractivity contribution in [1.82, 2.24) is 10.2 Å². The Morgan fingerprint density at radius 1 is 1.07 bits per heavy atom. The Bertz CT molecular complexity index is 939. The molecule has 6 nitrogen and oxygen atoms in total. The van der Waals surface area contributed by atoms with Gasteiger partial charge in [0.2, 0.25) is 5.91 Å². The second-order valence-electron chi connectivity index (χ2n) is 8.29. The molecule has 156 valence electrons. The third-order valence-corrected chi connectivity index (χ3v) is 5.76. The number of β-lactam (4-membered cyclic amide) rings is 1. The lowest BCUT2D eigenvalue weighted by Gasteiger charge is -2.32. The second-order valence-corrected chi connectivity index (χ2v) is 8.29. The minimum atomic E-state index is -0.759. The monoisotopic (exact) mass is 406 g/mol. The van der Waals surface area contributed by atoms with E-state index in [1.807, 2.05) is 38.1 Å². The molecule has 2 aliphatic rings. The van der Waals surface area contributed by atoms with E-state index in [0.29, 0.717) is 19.4 Å². The van der Waals surface area contributed by atoms with Crippen molar-refractivity contribution in [2.24, 2.45) is 5.92 Å². The van der Waals surface area contributed by atoms with Crippen LogP contribution in [-0.4, -0.2) is 42.0 Å². The van der Waals surface area contributed by atoms with Crippen molar-refractivity contribution in [2.75, 3.05) is 13.2 Å². The molecular weight excluding hydrogens is 380 g/mol. The van der Waals surface area contributed by atoms with Gasteiger partial charge in [0.05, 0.1) is 0 Å². The van der Waals surface area contributed by atoms with Crippen molar-refractivity contribution < 1.29 is 19.1 Å². The zero-order chi connectivity index (χ0) is 21.3. The third kappa shape index (κ3) is 3.82. The molecule has 1 heterocycles. The average molecular weight is 406 g/mol. The highest BCUT2D eigenvalue weighted by Crippen LogP contribution is 2.44. The van der Waals surface area contributed by atoms with Crippen molar-refractivity contribution >= 4 is 17.9 Å². The first-order valence-electron chi connectivity index (χ1n) is 10.4. The summed E-state index contributed by atoms with van der Waals surface area (Å²) in [5, 5.41) is 2.69. The standard InChI is InChI=1S/C24H26N2O4/c1-15(2)13-21(23(28)26-12-11-22(26)27)25-24(29)30-14-20-18-9-5-3-7-16(18)17-8-4-6-10-19(17)20/h3-10,15,20-21H,11-14H2,1-2H3,(H,25,29)/t21-/m0/s1. The van der Waals surface area contributed by atoms with Crippen molar-refractivity contribution in [3.05, 3.63) is 59.7 Å². The number of likely N-dealkylation sites (tertiary alicyclic amines) is 1. The SMILES string of the molecule is CC(C)C[C@H](NC(=O)OCC1c2ccccc2-c2ccccc21)C(=O)N1CCC1=O. The molecule has 1 saturated heterocycles. The van der Waals surface area contributed by atoms with E-state index in [1.54, 1.807) is 0 Å². The van der Waals surface area contributed by atoms with Gasteiger partial charge < -0.3 is 10.1 Å². The molecule has 2 aromatic rings. The fourth-order valence-corrected chi connectivity index (χ4v) is 4.21. The Balaban J connectivity index is 1.44. The second kappa shape index (κ2) is 8.30. The van der Waals surface area contributed by atoms with Crippen molar-refractivity contribution in [3.8, 4) is 11.1 Å². The maximum atomic E-state index is 12.6. The number of nitrogens with zero attached hydrogens (tertiary/aromatic N) is 1. The highest BCUT2D eigenvalue weighted by molar-refractivity contribution is 6.02. The molecule has 0 unspecified atom stereocenters. The summed E-state index contributed by atoms with van der Waals surface area (Å²) in [6.45, 7) is 4.54. The predicted octanol–water partition coefficient (Wildman–Crippen LogP) is 3.70. The molecule has 0 aromatic heterocycles. The predicted molar refractivity (Wildman–Crippen MR) is 113 cm³/mol. The lowest BCUT2D eigenvalue weighted by atomic mass is 9.98. The van der Waals surface area contributed by atoms with Gasteiger partial charge in [-0.1, -0.05) is 62.4 Å². The Hall–Kier alpha value is -3.15. The van der Waals surface area contributed by atoms with E-state index in [9.17, 15) is 14.4 Å². The van der Waals surface area contributed by atoms with E-state index in [-0.39, 0.29) is 30.3 Å². The normalized spacial score (nSPS) is 16.0. The summed E-state index contributed by atoms with van der Waals surface area (Å²) < 4.78 is 5.55. The minimum absolute atomic E-state index is 0.0423. The summed E-state index contributed by atoms with van der Waals surface area (Å²) in [4.78, 5) is 38.0. The lowest BCUT2D eigenvalue weighted by molar-refractivity contribution is -0.153. The Labute approximate surface area is 176 Å². The molecule has 0 radical (unpaired) electrons. The van der Waals surface area contributed by atoms with Gasteiger partial charge in [-0.15, -0.1) is 0 Å².